The van der Waals surface area contributed by atoms with Crippen molar-refractivity contribution < 1.29 is 4.79 Å². The van der Waals surface area contributed by atoms with E-state index in [-0.39, 0.29) is 0 Å². The SMILES string of the molecule is CCCCCCCC[Si](C)(C)C(=O)c1ccc(C)cc1. The molecule has 0 spiro atoms. The van der Waals surface area contributed by atoms with Crippen molar-refractivity contribution in [2.75, 3.05) is 0 Å². The van der Waals surface area contributed by atoms with Gasteiger partial charge in [-0.2, -0.15) is 0 Å². The third-order valence-corrected chi connectivity index (χ3v) is 7.21. The average molecular weight is 291 g/mol. The second kappa shape index (κ2) is 8.41. The Morgan fingerprint density at radius 1 is 0.950 bits per heavy atom. The van der Waals surface area contributed by atoms with Gasteiger partial charge < -0.3 is 4.79 Å². The van der Waals surface area contributed by atoms with Crippen molar-refractivity contribution in [2.45, 2.75) is 71.5 Å². The summed E-state index contributed by atoms with van der Waals surface area (Å²) in [6.07, 6.45) is 7.84. The molecule has 0 bridgehead atoms. The summed E-state index contributed by atoms with van der Waals surface area (Å²) in [5, 5.41) is 0.422. The number of hydrogen-bond acceptors (Lipinski definition) is 1. The van der Waals surface area contributed by atoms with E-state index in [0.717, 1.165) is 11.6 Å². The van der Waals surface area contributed by atoms with E-state index in [0.29, 0.717) is 5.41 Å². The van der Waals surface area contributed by atoms with Gasteiger partial charge in [0.15, 0.2) is 0 Å². The standard InChI is InChI=1S/C18H30OSi/c1-5-6-7-8-9-10-15-20(3,4)18(19)17-13-11-16(2)12-14-17/h11-14H,5-10,15H2,1-4H3. The molecule has 1 rings (SSSR count). The van der Waals surface area contributed by atoms with E-state index in [1.165, 1.54) is 44.1 Å². The van der Waals surface area contributed by atoms with E-state index >= 15 is 0 Å². The van der Waals surface area contributed by atoms with E-state index in [1.54, 1.807) is 0 Å². The highest BCUT2D eigenvalue weighted by Crippen LogP contribution is 2.21. The van der Waals surface area contributed by atoms with Gasteiger partial charge in [-0.15, -0.1) is 0 Å². The second-order valence-electron chi connectivity index (χ2n) is 6.60. The highest BCUT2D eigenvalue weighted by Gasteiger charge is 2.30. The van der Waals surface area contributed by atoms with Crippen LogP contribution in [0.5, 0.6) is 0 Å². The topological polar surface area (TPSA) is 17.1 Å². The molecule has 1 aromatic carbocycles. The summed E-state index contributed by atoms with van der Waals surface area (Å²) in [4.78, 5) is 12.6. The predicted molar refractivity (Wildman–Crippen MR) is 91.2 cm³/mol. The smallest absolute Gasteiger partial charge is 0.140 e. The number of hydrogen-bond donors (Lipinski definition) is 0. The molecule has 0 N–H and O–H groups in total. The third kappa shape index (κ3) is 5.62. The van der Waals surface area contributed by atoms with Gasteiger partial charge in [0, 0.05) is 5.56 Å². The van der Waals surface area contributed by atoms with Crippen LogP contribution in [-0.2, 0) is 0 Å². The van der Waals surface area contributed by atoms with Crippen LogP contribution in [0.25, 0.3) is 0 Å². The lowest BCUT2D eigenvalue weighted by Gasteiger charge is -2.20. The third-order valence-electron chi connectivity index (χ3n) is 4.08. The van der Waals surface area contributed by atoms with Crippen molar-refractivity contribution in [2.24, 2.45) is 0 Å². The number of unbranched alkanes of at least 4 members (excludes halogenated alkanes) is 5. The molecular formula is C18H30OSi. The molecule has 2 heteroatoms. The maximum absolute atomic E-state index is 12.6. The molecule has 0 saturated heterocycles. The maximum Gasteiger partial charge on any atom is 0.140 e. The Labute approximate surface area is 125 Å². The van der Waals surface area contributed by atoms with Crippen molar-refractivity contribution in [3.63, 3.8) is 0 Å². The lowest BCUT2D eigenvalue weighted by molar-refractivity contribution is 0.106. The number of aryl methyl sites for hydroxylation is 1. The van der Waals surface area contributed by atoms with Crippen molar-refractivity contribution in [1.82, 2.24) is 0 Å². The average Bonchev–Trinajstić information content (AvgIpc) is 2.43. The Kier molecular flexibility index (Phi) is 7.21. The molecule has 0 amide bonds. The van der Waals surface area contributed by atoms with Crippen LogP contribution in [0.15, 0.2) is 24.3 Å². The fourth-order valence-electron chi connectivity index (χ4n) is 2.56. The van der Waals surface area contributed by atoms with Crippen molar-refractivity contribution >= 4 is 13.5 Å². The van der Waals surface area contributed by atoms with E-state index < -0.39 is 8.07 Å². The molecule has 1 aromatic rings. The molecule has 0 atom stereocenters. The molecule has 0 unspecified atom stereocenters. The van der Waals surface area contributed by atoms with Gasteiger partial charge in [-0.3, -0.25) is 0 Å². The zero-order chi connectivity index (χ0) is 15.0. The first-order valence-corrected chi connectivity index (χ1v) is 11.3. The molecule has 0 aliphatic heterocycles. The predicted octanol–water partition coefficient (Wildman–Crippen LogP) is 5.79. The van der Waals surface area contributed by atoms with Gasteiger partial charge in [-0.25, -0.2) is 0 Å². The molecule has 112 valence electrons. The normalized spacial score (nSPS) is 11.6. The van der Waals surface area contributed by atoms with Crippen molar-refractivity contribution in [1.29, 1.82) is 0 Å². The van der Waals surface area contributed by atoms with E-state index in [2.05, 4.69) is 26.9 Å². The van der Waals surface area contributed by atoms with Crippen LogP contribution in [0.2, 0.25) is 19.1 Å². The van der Waals surface area contributed by atoms with Crippen LogP contribution >= 0.6 is 0 Å². The summed E-state index contributed by atoms with van der Waals surface area (Å²) in [5.74, 6) is 0. The van der Waals surface area contributed by atoms with Gasteiger partial charge >= 0.3 is 0 Å². The molecule has 0 aliphatic rings. The number of carbonyl (C=O) groups is 1. The lowest BCUT2D eigenvalue weighted by Crippen LogP contribution is -2.37. The van der Waals surface area contributed by atoms with Crippen LogP contribution in [0, 0.1) is 6.92 Å². The summed E-state index contributed by atoms with van der Waals surface area (Å²) in [5.41, 5.74) is 2.13. The number of carbonyl (C=O) groups excluding carboxylic acids is 1. The van der Waals surface area contributed by atoms with Crippen molar-refractivity contribution in [3.8, 4) is 0 Å². The maximum atomic E-state index is 12.6. The summed E-state index contributed by atoms with van der Waals surface area (Å²) in [6, 6.07) is 9.21. The summed E-state index contributed by atoms with van der Waals surface area (Å²) in [6.45, 7) is 8.76. The summed E-state index contributed by atoms with van der Waals surface area (Å²) < 4.78 is 0. The van der Waals surface area contributed by atoms with Crippen LogP contribution in [-0.4, -0.2) is 13.5 Å². The van der Waals surface area contributed by atoms with Gasteiger partial charge in [0.05, 0.1) is 0 Å². The van der Waals surface area contributed by atoms with Gasteiger partial charge in [0.25, 0.3) is 0 Å². The Morgan fingerprint density at radius 3 is 2.10 bits per heavy atom. The second-order valence-corrected chi connectivity index (χ2v) is 11.3. The fourth-order valence-corrected chi connectivity index (χ4v) is 4.87. The Bertz CT molecular complexity index is 406. The van der Waals surface area contributed by atoms with Crippen LogP contribution < -0.4 is 0 Å². The molecule has 0 aromatic heterocycles. The first-order valence-electron chi connectivity index (χ1n) is 8.09. The Hall–Kier alpha value is -0.893. The lowest BCUT2D eigenvalue weighted by atomic mass is 10.1. The molecule has 0 aliphatic carbocycles. The van der Waals surface area contributed by atoms with Crippen LogP contribution in [0.3, 0.4) is 0 Å². The molecular weight excluding hydrogens is 260 g/mol. The zero-order valence-corrected chi connectivity index (χ0v) is 14.7. The Balaban J connectivity index is 2.43. The van der Waals surface area contributed by atoms with E-state index in [1.807, 2.05) is 24.3 Å². The minimum Gasteiger partial charge on any atom is -0.300 e. The van der Waals surface area contributed by atoms with Gasteiger partial charge in [0.1, 0.15) is 13.5 Å². The van der Waals surface area contributed by atoms with Gasteiger partial charge in [0.2, 0.25) is 0 Å². The molecule has 0 fully saturated rings. The fraction of sp³-hybridized carbons (Fsp3) is 0.611. The van der Waals surface area contributed by atoms with Crippen LogP contribution in [0.1, 0.15) is 61.4 Å². The summed E-state index contributed by atoms with van der Waals surface area (Å²) in [7, 11) is -1.77. The van der Waals surface area contributed by atoms with E-state index in [9.17, 15) is 4.79 Å². The number of benzene rings is 1. The largest absolute Gasteiger partial charge is 0.300 e. The zero-order valence-electron chi connectivity index (χ0n) is 13.7. The van der Waals surface area contributed by atoms with Crippen LogP contribution in [0.4, 0.5) is 0 Å². The highest BCUT2D eigenvalue weighted by atomic mass is 28.3. The quantitative estimate of drug-likeness (QED) is 0.416. The van der Waals surface area contributed by atoms with Crippen molar-refractivity contribution in [3.05, 3.63) is 35.4 Å². The molecule has 1 nitrogen and oxygen atoms in total. The van der Waals surface area contributed by atoms with E-state index in [4.69, 9.17) is 0 Å². The monoisotopic (exact) mass is 290 g/mol. The Morgan fingerprint density at radius 2 is 1.50 bits per heavy atom. The first kappa shape index (κ1) is 17.2. The minimum atomic E-state index is -1.77. The van der Waals surface area contributed by atoms with Gasteiger partial charge in [-0.05, 0) is 6.92 Å². The first-order chi connectivity index (χ1) is 9.47. The highest BCUT2D eigenvalue weighted by molar-refractivity contribution is 7.06. The molecule has 0 radical (unpaired) electrons. The van der Waals surface area contributed by atoms with Gasteiger partial charge in [-0.1, -0.05) is 94.4 Å². The molecule has 0 heterocycles. The summed E-state index contributed by atoms with van der Waals surface area (Å²) >= 11 is 0. The number of rotatable bonds is 9. The minimum absolute atomic E-state index is 0.422. The molecule has 20 heavy (non-hydrogen) atoms. The molecule has 0 saturated carbocycles.